The zero-order valence-corrected chi connectivity index (χ0v) is 14.4. The van der Waals surface area contributed by atoms with Crippen molar-refractivity contribution >= 4 is 11.8 Å². The van der Waals surface area contributed by atoms with E-state index in [4.69, 9.17) is 8.83 Å². The molecule has 0 saturated heterocycles. The number of aryl methyl sites for hydroxylation is 1. The maximum Gasteiger partial charge on any atom is 0.257 e. The Balaban J connectivity index is 2.01. The van der Waals surface area contributed by atoms with E-state index in [1.807, 2.05) is 13.8 Å². The van der Waals surface area contributed by atoms with Gasteiger partial charge in [-0.1, -0.05) is 13.8 Å². The van der Waals surface area contributed by atoms with Crippen LogP contribution in [0.5, 0.6) is 0 Å². The highest BCUT2D eigenvalue weighted by atomic mass is 16.3. The first-order valence-corrected chi connectivity index (χ1v) is 8.09. The predicted octanol–water partition coefficient (Wildman–Crippen LogP) is 2.99. The number of nitrogens with one attached hydrogen (secondary N) is 1. The van der Waals surface area contributed by atoms with Crippen LogP contribution in [0.1, 0.15) is 42.1 Å². The van der Waals surface area contributed by atoms with E-state index < -0.39 is 0 Å². The summed E-state index contributed by atoms with van der Waals surface area (Å²) in [5.74, 6) is 1.39. The SMILES string of the molecule is Cc1occc1C(=O)N(CCC(=O)NCC(C)C)Cc1ccco1. The summed E-state index contributed by atoms with van der Waals surface area (Å²) in [7, 11) is 0. The Morgan fingerprint density at radius 2 is 2.00 bits per heavy atom. The van der Waals surface area contributed by atoms with E-state index in [9.17, 15) is 9.59 Å². The van der Waals surface area contributed by atoms with Gasteiger partial charge in [-0.3, -0.25) is 9.59 Å². The van der Waals surface area contributed by atoms with Crippen LogP contribution in [0.15, 0.2) is 39.6 Å². The third-order valence-electron chi connectivity index (χ3n) is 3.62. The molecule has 0 saturated carbocycles. The van der Waals surface area contributed by atoms with Crippen molar-refractivity contribution < 1.29 is 18.4 Å². The van der Waals surface area contributed by atoms with Crippen LogP contribution in [-0.2, 0) is 11.3 Å². The Labute approximate surface area is 141 Å². The van der Waals surface area contributed by atoms with Crippen molar-refractivity contribution in [3.8, 4) is 0 Å². The van der Waals surface area contributed by atoms with Gasteiger partial charge in [-0.25, -0.2) is 0 Å². The van der Waals surface area contributed by atoms with Gasteiger partial charge in [0, 0.05) is 19.5 Å². The Hall–Kier alpha value is -2.50. The molecule has 0 aliphatic rings. The van der Waals surface area contributed by atoms with Gasteiger partial charge in [-0.15, -0.1) is 0 Å². The highest BCUT2D eigenvalue weighted by Crippen LogP contribution is 2.15. The summed E-state index contributed by atoms with van der Waals surface area (Å²) in [6, 6.07) is 5.23. The minimum absolute atomic E-state index is 0.0649. The number of hydrogen-bond acceptors (Lipinski definition) is 4. The molecule has 0 aliphatic carbocycles. The summed E-state index contributed by atoms with van der Waals surface area (Å²) in [6.07, 6.45) is 3.30. The molecule has 2 heterocycles. The summed E-state index contributed by atoms with van der Waals surface area (Å²) in [5, 5.41) is 2.86. The maximum absolute atomic E-state index is 12.7. The highest BCUT2D eigenvalue weighted by Gasteiger charge is 2.21. The fraction of sp³-hybridized carbons (Fsp3) is 0.444. The second-order valence-electron chi connectivity index (χ2n) is 6.14. The molecule has 0 bridgehead atoms. The largest absolute Gasteiger partial charge is 0.469 e. The molecule has 0 aliphatic heterocycles. The first-order valence-electron chi connectivity index (χ1n) is 8.09. The molecule has 24 heavy (non-hydrogen) atoms. The van der Waals surface area contributed by atoms with E-state index in [2.05, 4.69) is 5.32 Å². The van der Waals surface area contributed by atoms with Gasteiger partial charge in [0.1, 0.15) is 11.5 Å². The van der Waals surface area contributed by atoms with Crippen molar-refractivity contribution in [3.63, 3.8) is 0 Å². The molecule has 0 radical (unpaired) electrons. The van der Waals surface area contributed by atoms with Gasteiger partial charge in [-0.05, 0) is 31.0 Å². The molecular formula is C18H24N2O4. The van der Waals surface area contributed by atoms with Gasteiger partial charge < -0.3 is 19.1 Å². The van der Waals surface area contributed by atoms with Gasteiger partial charge in [0.25, 0.3) is 5.91 Å². The summed E-state index contributed by atoms with van der Waals surface area (Å²) >= 11 is 0. The van der Waals surface area contributed by atoms with Crippen LogP contribution in [0, 0.1) is 12.8 Å². The second-order valence-corrected chi connectivity index (χ2v) is 6.14. The van der Waals surface area contributed by atoms with Crippen LogP contribution >= 0.6 is 0 Å². The third kappa shape index (κ3) is 5.01. The summed E-state index contributed by atoms with van der Waals surface area (Å²) in [4.78, 5) is 26.3. The number of carbonyl (C=O) groups is 2. The molecule has 130 valence electrons. The predicted molar refractivity (Wildman–Crippen MR) is 89.4 cm³/mol. The fourth-order valence-corrected chi connectivity index (χ4v) is 2.26. The molecule has 6 heteroatoms. The topological polar surface area (TPSA) is 75.7 Å². The molecule has 0 fully saturated rings. The van der Waals surface area contributed by atoms with Crippen LogP contribution in [0.4, 0.5) is 0 Å². The molecule has 2 amide bonds. The Kier molecular flexibility index (Phi) is 6.23. The lowest BCUT2D eigenvalue weighted by molar-refractivity contribution is -0.121. The molecule has 2 rings (SSSR count). The standard InChI is InChI=1S/C18H24N2O4/c1-13(2)11-19-17(21)6-8-20(12-15-5-4-9-24-15)18(22)16-7-10-23-14(16)3/h4-5,7,9-10,13H,6,8,11-12H2,1-3H3,(H,19,21). The summed E-state index contributed by atoms with van der Waals surface area (Å²) in [5.41, 5.74) is 0.504. The monoisotopic (exact) mass is 332 g/mol. The molecular weight excluding hydrogens is 308 g/mol. The zero-order chi connectivity index (χ0) is 17.5. The highest BCUT2D eigenvalue weighted by molar-refractivity contribution is 5.95. The molecule has 0 atom stereocenters. The molecule has 1 N–H and O–H groups in total. The lowest BCUT2D eigenvalue weighted by Crippen LogP contribution is -2.35. The lowest BCUT2D eigenvalue weighted by atomic mass is 10.2. The first kappa shape index (κ1) is 17.8. The van der Waals surface area contributed by atoms with Crippen LogP contribution < -0.4 is 5.32 Å². The number of hydrogen-bond donors (Lipinski definition) is 1. The molecule has 2 aromatic rings. The quantitative estimate of drug-likeness (QED) is 0.806. The number of rotatable bonds is 8. The van der Waals surface area contributed by atoms with E-state index in [0.29, 0.717) is 42.6 Å². The van der Waals surface area contributed by atoms with Crippen molar-refractivity contribution in [2.45, 2.75) is 33.7 Å². The van der Waals surface area contributed by atoms with E-state index in [1.54, 1.807) is 36.3 Å². The van der Waals surface area contributed by atoms with Crippen molar-refractivity contribution in [3.05, 3.63) is 47.8 Å². The smallest absolute Gasteiger partial charge is 0.257 e. The number of furan rings is 2. The molecule has 2 aromatic heterocycles. The van der Waals surface area contributed by atoms with Crippen LogP contribution in [0.3, 0.4) is 0 Å². The minimum Gasteiger partial charge on any atom is -0.469 e. The maximum atomic E-state index is 12.7. The Morgan fingerprint density at radius 3 is 2.58 bits per heavy atom. The average Bonchev–Trinajstić information content (AvgIpc) is 3.20. The van der Waals surface area contributed by atoms with Crippen molar-refractivity contribution in [1.82, 2.24) is 10.2 Å². The van der Waals surface area contributed by atoms with E-state index in [-0.39, 0.29) is 18.2 Å². The van der Waals surface area contributed by atoms with Crippen molar-refractivity contribution in [1.29, 1.82) is 0 Å². The summed E-state index contributed by atoms with van der Waals surface area (Å²) < 4.78 is 10.5. The Morgan fingerprint density at radius 1 is 1.21 bits per heavy atom. The molecule has 0 spiro atoms. The van der Waals surface area contributed by atoms with Crippen LogP contribution in [-0.4, -0.2) is 29.8 Å². The molecule has 0 unspecified atom stereocenters. The number of nitrogens with zero attached hydrogens (tertiary/aromatic N) is 1. The van der Waals surface area contributed by atoms with Gasteiger partial charge in [0.05, 0.1) is 24.6 Å². The van der Waals surface area contributed by atoms with Crippen molar-refractivity contribution in [2.75, 3.05) is 13.1 Å². The second kappa shape index (κ2) is 8.38. The fourth-order valence-electron chi connectivity index (χ4n) is 2.26. The number of amides is 2. The number of carbonyl (C=O) groups excluding carboxylic acids is 2. The molecule has 0 aromatic carbocycles. The van der Waals surface area contributed by atoms with E-state index in [0.717, 1.165) is 0 Å². The van der Waals surface area contributed by atoms with E-state index >= 15 is 0 Å². The van der Waals surface area contributed by atoms with E-state index in [1.165, 1.54) is 6.26 Å². The van der Waals surface area contributed by atoms with Gasteiger partial charge in [0.15, 0.2) is 0 Å². The average molecular weight is 332 g/mol. The van der Waals surface area contributed by atoms with Crippen molar-refractivity contribution in [2.24, 2.45) is 5.92 Å². The van der Waals surface area contributed by atoms with Crippen LogP contribution in [0.2, 0.25) is 0 Å². The van der Waals surface area contributed by atoms with Gasteiger partial charge in [0.2, 0.25) is 5.91 Å². The lowest BCUT2D eigenvalue weighted by Gasteiger charge is -2.21. The molecule has 6 nitrogen and oxygen atoms in total. The normalized spacial score (nSPS) is 10.8. The van der Waals surface area contributed by atoms with Gasteiger partial charge in [-0.2, -0.15) is 0 Å². The zero-order valence-electron chi connectivity index (χ0n) is 14.4. The third-order valence-corrected chi connectivity index (χ3v) is 3.62. The summed E-state index contributed by atoms with van der Waals surface area (Å²) in [6.45, 7) is 7.07. The minimum atomic E-state index is -0.172. The first-order chi connectivity index (χ1) is 11.5. The van der Waals surface area contributed by atoms with Gasteiger partial charge >= 0.3 is 0 Å². The van der Waals surface area contributed by atoms with Crippen LogP contribution in [0.25, 0.3) is 0 Å². The Bertz CT molecular complexity index is 658.